The second kappa shape index (κ2) is 37.3. The number of carbonyl (C=O) groups is 15. The molecule has 0 aromatic heterocycles. The first-order chi connectivity index (χ1) is 42.8. The number of carboxylic acids is 6. The number of aliphatic carboxylic acids is 6. The monoisotopic (exact) mass is 1280 g/mol. The molecule has 2 aromatic rings. The van der Waals surface area contributed by atoms with Crippen LogP contribution in [0.2, 0.25) is 0 Å². The van der Waals surface area contributed by atoms with Crippen LogP contribution in [0.3, 0.4) is 0 Å². The SMILES string of the molecule is CCC(C)C(NC(=O)C(CCC(=O)O)NC(=O)C(CCC(=O)O)NC(=O)C(Cc1ccccc1)NC(=O)C(N)CC(=O)O)C(=O)N1CCCC1C(=O)NC(CCC(=O)O)C(=O)NC(CCC(=O)O)C(=O)NC(Cc1ccc(O)cc1)C(=O)NC(CC(C)C)C(=O)O. The molecule has 0 spiro atoms. The molecule has 11 unspecified atom stereocenters. The molecule has 1 aliphatic rings. The van der Waals surface area contributed by atoms with Gasteiger partial charge in [0, 0.05) is 45.1 Å². The summed E-state index contributed by atoms with van der Waals surface area (Å²) < 4.78 is 0. The van der Waals surface area contributed by atoms with Crippen LogP contribution in [0.4, 0.5) is 0 Å². The number of phenolic OH excluding ortho intramolecular Hbond substituents is 1. The van der Waals surface area contributed by atoms with Gasteiger partial charge in [0.15, 0.2) is 0 Å². The van der Waals surface area contributed by atoms with Crippen molar-refractivity contribution in [3.05, 3.63) is 65.7 Å². The van der Waals surface area contributed by atoms with Crippen molar-refractivity contribution in [3.63, 3.8) is 0 Å². The second-order valence-corrected chi connectivity index (χ2v) is 22.5. The quantitative estimate of drug-likeness (QED) is 0.0360. The van der Waals surface area contributed by atoms with Crippen molar-refractivity contribution in [1.29, 1.82) is 0 Å². The smallest absolute Gasteiger partial charge is 0.326 e. The van der Waals surface area contributed by atoms with Crippen molar-refractivity contribution < 1.29 is 108 Å². The maximum atomic E-state index is 14.7. The summed E-state index contributed by atoms with van der Waals surface area (Å²) in [6.45, 7) is 6.46. The van der Waals surface area contributed by atoms with Gasteiger partial charge in [-0.25, -0.2) is 4.79 Å². The maximum absolute atomic E-state index is 14.7. The number of carbonyl (C=O) groups excluding carboxylic acids is 9. The number of benzene rings is 2. The van der Waals surface area contributed by atoms with Crippen LogP contribution < -0.4 is 48.3 Å². The molecule has 32 heteroatoms. The number of rotatable bonds is 40. The minimum atomic E-state index is -1.81. The Morgan fingerprint density at radius 3 is 1.29 bits per heavy atom. The maximum Gasteiger partial charge on any atom is 0.326 e. The number of hydrogen-bond donors (Lipinski definition) is 16. The van der Waals surface area contributed by atoms with Gasteiger partial charge in [0.05, 0.1) is 12.5 Å². The molecule has 17 N–H and O–H groups in total. The van der Waals surface area contributed by atoms with Gasteiger partial charge >= 0.3 is 35.8 Å². The summed E-state index contributed by atoms with van der Waals surface area (Å²) in [6.07, 6.45) is -6.70. The van der Waals surface area contributed by atoms with Crippen LogP contribution in [0.25, 0.3) is 0 Å². The number of hydrogen-bond acceptors (Lipinski definition) is 17. The van der Waals surface area contributed by atoms with Crippen molar-refractivity contribution in [2.24, 2.45) is 17.6 Å². The van der Waals surface area contributed by atoms with Gasteiger partial charge in [-0.15, -0.1) is 0 Å². The Morgan fingerprint density at radius 2 is 0.879 bits per heavy atom. The molecule has 0 radical (unpaired) electrons. The van der Waals surface area contributed by atoms with Crippen LogP contribution in [-0.4, -0.2) is 197 Å². The Kier molecular flexibility index (Phi) is 30.9. The van der Waals surface area contributed by atoms with E-state index in [1.54, 1.807) is 58.0 Å². The van der Waals surface area contributed by atoms with Crippen molar-refractivity contribution in [2.75, 3.05) is 6.54 Å². The molecule has 2 aromatic carbocycles. The lowest BCUT2D eigenvalue weighted by molar-refractivity contribution is -0.144. The van der Waals surface area contributed by atoms with Gasteiger partial charge < -0.3 is 88.9 Å². The van der Waals surface area contributed by atoms with E-state index in [4.69, 9.17) is 5.73 Å². The number of nitrogens with one attached hydrogen (secondary N) is 8. The van der Waals surface area contributed by atoms with E-state index in [9.17, 15) is 108 Å². The first-order valence-electron chi connectivity index (χ1n) is 29.4. The third-order valence-electron chi connectivity index (χ3n) is 14.7. The molecular weight excluding hydrogens is 1200 g/mol. The third kappa shape index (κ3) is 26.5. The van der Waals surface area contributed by atoms with E-state index >= 15 is 0 Å². The topological polar surface area (TPSA) is 523 Å². The van der Waals surface area contributed by atoms with E-state index in [0.717, 1.165) is 4.90 Å². The highest BCUT2D eigenvalue weighted by molar-refractivity contribution is 5.99. The van der Waals surface area contributed by atoms with Crippen LogP contribution in [0.1, 0.15) is 122 Å². The Labute approximate surface area is 522 Å². The van der Waals surface area contributed by atoms with Gasteiger partial charge in [0.2, 0.25) is 53.2 Å². The van der Waals surface area contributed by atoms with E-state index in [0.29, 0.717) is 11.1 Å². The number of aromatic hydroxyl groups is 1. The number of likely N-dealkylation sites (tertiary alicyclic amines) is 1. The van der Waals surface area contributed by atoms with Gasteiger partial charge in [-0.2, -0.15) is 0 Å². The average Bonchev–Trinajstić information content (AvgIpc) is 1.91. The van der Waals surface area contributed by atoms with Crippen LogP contribution in [-0.2, 0) is 84.8 Å². The molecule has 1 saturated heterocycles. The second-order valence-electron chi connectivity index (χ2n) is 22.5. The summed E-state index contributed by atoms with van der Waals surface area (Å²) in [4.78, 5) is 198. The summed E-state index contributed by atoms with van der Waals surface area (Å²) in [7, 11) is 0. The fourth-order valence-electron chi connectivity index (χ4n) is 9.58. The molecule has 32 nitrogen and oxygen atoms in total. The molecule has 11 atom stereocenters. The predicted octanol–water partition coefficient (Wildman–Crippen LogP) is -1.52. The average molecular weight is 1280 g/mol. The highest BCUT2D eigenvalue weighted by Gasteiger charge is 2.42. The molecule has 91 heavy (non-hydrogen) atoms. The molecule has 1 aliphatic heterocycles. The molecule has 1 fully saturated rings. The predicted molar refractivity (Wildman–Crippen MR) is 316 cm³/mol. The highest BCUT2D eigenvalue weighted by atomic mass is 16.4. The largest absolute Gasteiger partial charge is 0.508 e. The number of nitrogens with zero attached hydrogens (tertiary/aromatic N) is 1. The highest BCUT2D eigenvalue weighted by Crippen LogP contribution is 2.23. The molecule has 9 amide bonds. The lowest BCUT2D eigenvalue weighted by Crippen LogP contribution is -2.61. The van der Waals surface area contributed by atoms with E-state index in [1.165, 1.54) is 24.3 Å². The molecule has 0 saturated carbocycles. The van der Waals surface area contributed by atoms with Crippen molar-refractivity contribution in [3.8, 4) is 5.75 Å². The fraction of sp³-hybridized carbons (Fsp3) is 0.542. The Bertz CT molecular complexity index is 2930. The Morgan fingerprint density at radius 1 is 0.495 bits per heavy atom. The van der Waals surface area contributed by atoms with Gasteiger partial charge in [0.1, 0.15) is 60.1 Å². The zero-order chi connectivity index (χ0) is 68.2. The van der Waals surface area contributed by atoms with Gasteiger partial charge in [-0.3, -0.25) is 67.1 Å². The molecule has 3 rings (SSSR count). The zero-order valence-electron chi connectivity index (χ0n) is 50.7. The summed E-state index contributed by atoms with van der Waals surface area (Å²) in [5.41, 5.74) is 6.58. The van der Waals surface area contributed by atoms with E-state index in [2.05, 4.69) is 42.5 Å². The molecular formula is C59H82N10O22. The standard InChI is InChI=1S/C59H82N10O22/c1-5-31(4)49(68-54(85)39(20-24-47(77)78)62-51(82)36(17-21-44(71)72)63-55(86)40(27-32-10-7-6-8-11-32)65-50(81)35(60)29-48(79)80)58(89)69-25-9-12-43(69)57(88)64-38(19-23-46(75)76)52(83)61-37(18-22-45(73)74)53(84)66-41(28-33-13-15-34(70)16-14-33)56(87)67-42(59(90)91)26-30(2)3/h6-8,10-11,13-16,30-31,35-43,49,70H,5,9,12,17-29,60H2,1-4H3,(H,61,83)(H,62,82)(H,63,86)(H,64,88)(H,65,81)(H,66,84)(H,67,87)(H,68,85)(H,71,72)(H,73,74)(H,75,76)(H,77,78)(H,79,80)(H,90,91). The third-order valence-corrected chi connectivity index (χ3v) is 14.7. The lowest BCUT2D eigenvalue weighted by atomic mass is 9.96. The van der Waals surface area contributed by atoms with Crippen molar-refractivity contribution >= 4 is 89.0 Å². The van der Waals surface area contributed by atoms with Crippen LogP contribution in [0, 0.1) is 11.8 Å². The van der Waals surface area contributed by atoms with Crippen LogP contribution in [0.5, 0.6) is 5.75 Å². The Balaban J connectivity index is 1.94. The van der Waals surface area contributed by atoms with Crippen molar-refractivity contribution in [1.82, 2.24) is 47.4 Å². The summed E-state index contributed by atoms with van der Waals surface area (Å²) >= 11 is 0. The Hall–Kier alpha value is -9.75. The molecule has 0 bridgehead atoms. The van der Waals surface area contributed by atoms with Crippen LogP contribution in [0.15, 0.2) is 54.6 Å². The summed E-state index contributed by atoms with van der Waals surface area (Å²) in [6, 6.07) is -2.87. The number of phenols is 1. The fourth-order valence-corrected chi connectivity index (χ4v) is 9.58. The minimum Gasteiger partial charge on any atom is -0.508 e. The normalized spacial score (nSPS) is 16.0. The molecule has 0 aliphatic carbocycles. The van der Waals surface area contributed by atoms with Gasteiger partial charge in [-0.05, 0) is 80.0 Å². The number of carboxylic acid groups (broad SMARTS) is 6. The number of nitrogens with two attached hydrogens (primary N) is 1. The van der Waals surface area contributed by atoms with Crippen molar-refractivity contribution in [2.45, 2.75) is 184 Å². The molecule has 500 valence electrons. The summed E-state index contributed by atoms with van der Waals surface area (Å²) in [5, 5.41) is 86.6. The van der Waals surface area contributed by atoms with Gasteiger partial charge in [-0.1, -0.05) is 76.6 Å². The van der Waals surface area contributed by atoms with E-state index in [-0.39, 0.29) is 56.7 Å². The number of amides is 9. The zero-order valence-corrected chi connectivity index (χ0v) is 50.7. The lowest BCUT2D eigenvalue weighted by Gasteiger charge is -2.33. The van der Waals surface area contributed by atoms with Gasteiger partial charge in [0.25, 0.3) is 0 Å². The van der Waals surface area contributed by atoms with Crippen LogP contribution >= 0.6 is 0 Å². The first kappa shape index (κ1) is 75.5. The van der Waals surface area contributed by atoms with E-state index in [1.807, 2.05) is 0 Å². The minimum absolute atomic E-state index is 0.0185. The molecule has 1 heterocycles. The summed E-state index contributed by atoms with van der Waals surface area (Å²) in [5.74, 6) is -19.4. The van der Waals surface area contributed by atoms with E-state index < -0.39 is 213 Å². The first-order valence-corrected chi connectivity index (χ1v) is 29.4.